The Labute approximate surface area is 141 Å². The molecule has 128 valence electrons. The van der Waals surface area contributed by atoms with Gasteiger partial charge in [-0.3, -0.25) is 4.55 Å². The van der Waals surface area contributed by atoms with Crippen molar-refractivity contribution in [2.24, 2.45) is 10.2 Å². The number of rotatable bonds is 8. The average Bonchev–Trinajstić information content (AvgIpc) is 2.56. The predicted octanol–water partition coefficient (Wildman–Crippen LogP) is 2.54. The Morgan fingerprint density at radius 1 is 1.12 bits per heavy atom. The zero-order valence-corrected chi connectivity index (χ0v) is 14.2. The number of pyridine rings is 1. The van der Waals surface area contributed by atoms with Crippen molar-refractivity contribution in [3.8, 4) is 5.75 Å². The molecule has 1 N–H and O–H groups in total. The SMILES string of the molecule is COc1ccc(N=NCc2cc[n+](CCCS(=O)(=O)O)cc2)cc1. The Morgan fingerprint density at radius 2 is 1.79 bits per heavy atom. The fourth-order valence-electron chi connectivity index (χ4n) is 2.02. The number of ether oxygens (including phenoxy) is 1. The molecule has 24 heavy (non-hydrogen) atoms. The van der Waals surface area contributed by atoms with Gasteiger partial charge in [-0.05, 0) is 29.8 Å². The monoisotopic (exact) mass is 350 g/mol. The second-order valence-electron chi connectivity index (χ2n) is 5.18. The number of nitrogens with zero attached hydrogens (tertiary/aromatic N) is 3. The molecule has 0 saturated heterocycles. The van der Waals surface area contributed by atoms with Crippen LogP contribution >= 0.6 is 0 Å². The summed E-state index contributed by atoms with van der Waals surface area (Å²) in [7, 11) is -2.28. The van der Waals surface area contributed by atoms with Crippen LogP contribution in [0.4, 0.5) is 5.69 Å². The van der Waals surface area contributed by atoms with E-state index in [1.54, 1.807) is 7.11 Å². The van der Waals surface area contributed by atoms with Crippen LogP contribution in [0, 0.1) is 0 Å². The highest BCUT2D eigenvalue weighted by Gasteiger charge is 2.07. The van der Waals surface area contributed by atoms with Gasteiger partial charge in [-0.25, -0.2) is 4.57 Å². The first-order valence-corrected chi connectivity index (χ1v) is 9.02. The third kappa shape index (κ3) is 6.43. The molecule has 0 fully saturated rings. The summed E-state index contributed by atoms with van der Waals surface area (Å²) in [6.45, 7) is 0.978. The first kappa shape index (κ1) is 18.0. The molecule has 0 spiro atoms. The van der Waals surface area contributed by atoms with Gasteiger partial charge in [-0.2, -0.15) is 18.6 Å². The van der Waals surface area contributed by atoms with Gasteiger partial charge in [-0.15, -0.1) is 0 Å². The number of hydrogen-bond acceptors (Lipinski definition) is 5. The van der Waals surface area contributed by atoms with Gasteiger partial charge < -0.3 is 4.74 Å². The van der Waals surface area contributed by atoms with Crippen molar-refractivity contribution in [1.82, 2.24) is 0 Å². The molecule has 0 atom stereocenters. The van der Waals surface area contributed by atoms with Crippen LogP contribution < -0.4 is 9.30 Å². The van der Waals surface area contributed by atoms with Crippen molar-refractivity contribution < 1.29 is 22.3 Å². The zero-order valence-electron chi connectivity index (χ0n) is 13.4. The molecule has 0 bridgehead atoms. The minimum Gasteiger partial charge on any atom is -0.497 e. The molecule has 0 radical (unpaired) electrons. The van der Waals surface area contributed by atoms with Crippen LogP contribution in [0.2, 0.25) is 0 Å². The lowest BCUT2D eigenvalue weighted by Gasteiger charge is -1.99. The Hall–Kier alpha value is -2.32. The maximum atomic E-state index is 10.7. The van der Waals surface area contributed by atoms with Crippen molar-refractivity contribution >= 4 is 15.8 Å². The summed E-state index contributed by atoms with van der Waals surface area (Å²) in [5.41, 5.74) is 1.75. The lowest BCUT2D eigenvalue weighted by atomic mass is 10.3. The van der Waals surface area contributed by atoms with Gasteiger partial charge in [0.15, 0.2) is 12.4 Å². The molecular weight excluding hydrogens is 330 g/mol. The summed E-state index contributed by atoms with van der Waals surface area (Å²) in [4.78, 5) is 0. The minimum atomic E-state index is -3.89. The number of azo groups is 1. The molecular formula is C16H20N3O4S+. The van der Waals surface area contributed by atoms with Crippen LogP contribution in [0.5, 0.6) is 5.75 Å². The summed E-state index contributed by atoms with van der Waals surface area (Å²) >= 11 is 0. The normalized spacial score (nSPS) is 11.8. The van der Waals surface area contributed by atoms with Crippen LogP contribution in [-0.4, -0.2) is 25.8 Å². The highest BCUT2D eigenvalue weighted by Crippen LogP contribution is 2.18. The maximum absolute atomic E-state index is 10.7. The summed E-state index contributed by atoms with van der Waals surface area (Å²) in [6, 6.07) is 11.1. The molecule has 2 aromatic rings. The molecule has 0 aliphatic rings. The Balaban J connectivity index is 1.83. The number of methoxy groups -OCH3 is 1. The quantitative estimate of drug-likeness (QED) is 0.450. The van der Waals surface area contributed by atoms with E-state index in [-0.39, 0.29) is 5.75 Å². The third-order valence-corrected chi connectivity index (χ3v) is 4.10. The second kappa shape index (κ2) is 8.51. The highest BCUT2D eigenvalue weighted by atomic mass is 32.2. The van der Waals surface area contributed by atoms with Crippen molar-refractivity contribution in [2.75, 3.05) is 12.9 Å². The van der Waals surface area contributed by atoms with E-state index in [1.165, 1.54) is 0 Å². The minimum absolute atomic E-state index is 0.238. The molecule has 0 aliphatic heterocycles. The van der Waals surface area contributed by atoms with Crippen molar-refractivity contribution in [2.45, 2.75) is 19.5 Å². The average molecular weight is 350 g/mol. The van der Waals surface area contributed by atoms with Crippen LogP contribution in [0.1, 0.15) is 12.0 Å². The number of aromatic nitrogens is 1. The topological polar surface area (TPSA) is 92.2 Å². The van der Waals surface area contributed by atoms with Crippen molar-refractivity contribution in [1.29, 1.82) is 0 Å². The van der Waals surface area contributed by atoms with Gasteiger partial charge in [0.05, 0.1) is 25.1 Å². The van der Waals surface area contributed by atoms with E-state index in [0.717, 1.165) is 17.0 Å². The summed E-state index contributed by atoms with van der Waals surface area (Å²) in [5.74, 6) is 0.535. The van der Waals surface area contributed by atoms with E-state index in [0.29, 0.717) is 19.5 Å². The summed E-state index contributed by atoms with van der Waals surface area (Å²) < 4.78 is 37.0. The predicted molar refractivity (Wildman–Crippen MR) is 88.9 cm³/mol. The zero-order chi connectivity index (χ0) is 17.4. The van der Waals surface area contributed by atoms with E-state index < -0.39 is 10.1 Å². The smallest absolute Gasteiger partial charge is 0.265 e. The fourth-order valence-corrected chi connectivity index (χ4v) is 2.51. The Morgan fingerprint density at radius 3 is 2.38 bits per heavy atom. The van der Waals surface area contributed by atoms with Gasteiger partial charge >= 0.3 is 0 Å². The van der Waals surface area contributed by atoms with Crippen LogP contribution in [0.3, 0.4) is 0 Å². The molecule has 1 heterocycles. The van der Waals surface area contributed by atoms with Gasteiger partial charge in [0.2, 0.25) is 0 Å². The summed E-state index contributed by atoms with van der Waals surface area (Å²) in [6.07, 6.45) is 4.06. The molecule has 1 aromatic carbocycles. The van der Waals surface area contributed by atoms with E-state index >= 15 is 0 Å². The van der Waals surface area contributed by atoms with Crippen molar-refractivity contribution in [3.05, 3.63) is 54.4 Å². The van der Waals surface area contributed by atoms with Crippen LogP contribution in [0.25, 0.3) is 0 Å². The van der Waals surface area contributed by atoms with Gasteiger partial charge in [0.1, 0.15) is 12.3 Å². The molecule has 2 rings (SSSR count). The standard InChI is InChI=1S/C16H19N3O4S/c1-23-16-5-3-15(4-6-16)18-17-13-14-7-10-19(11-8-14)9-2-12-24(20,21)22/h3-8,10-11H,2,9,12-13H2,1H3/p+1. The maximum Gasteiger partial charge on any atom is 0.265 e. The summed E-state index contributed by atoms with van der Waals surface area (Å²) in [5, 5.41) is 8.30. The van der Waals surface area contributed by atoms with E-state index in [1.807, 2.05) is 53.4 Å². The molecule has 0 saturated carbocycles. The number of hydrogen-bond donors (Lipinski definition) is 1. The van der Waals surface area contributed by atoms with E-state index in [9.17, 15) is 8.42 Å². The highest BCUT2D eigenvalue weighted by molar-refractivity contribution is 7.85. The molecule has 0 unspecified atom stereocenters. The van der Waals surface area contributed by atoms with Gasteiger partial charge in [0.25, 0.3) is 10.1 Å². The lowest BCUT2D eigenvalue weighted by molar-refractivity contribution is -0.696. The van der Waals surface area contributed by atoms with Crippen LogP contribution in [0.15, 0.2) is 59.0 Å². The second-order valence-corrected chi connectivity index (χ2v) is 6.75. The molecule has 7 nitrogen and oxygen atoms in total. The largest absolute Gasteiger partial charge is 0.497 e. The van der Waals surface area contributed by atoms with Crippen molar-refractivity contribution in [3.63, 3.8) is 0 Å². The lowest BCUT2D eigenvalue weighted by Crippen LogP contribution is -2.33. The van der Waals surface area contributed by atoms with Gasteiger partial charge in [0, 0.05) is 18.6 Å². The van der Waals surface area contributed by atoms with Gasteiger partial charge in [-0.1, -0.05) is 0 Å². The Kier molecular flexibility index (Phi) is 6.39. The first-order chi connectivity index (χ1) is 11.5. The Bertz CT molecular complexity index is 772. The molecule has 0 amide bonds. The molecule has 8 heteroatoms. The first-order valence-electron chi connectivity index (χ1n) is 7.41. The van der Waals surface area contributed by atoms with Crippen LogP contribution in [-0.2, 0) is 23.2 Å². The molecule has 1 aromatic heterocycles. The number of aryl methyl sites for hydroxylation is 1. The van der Waals surface area contributed by atoms with E-state index in [2.05, 4.69) is 10.2 Å². The van der Waals surface area contributed by atoms with E-state index in [4.69, 9.17) is 9.29 Å². The third-order valence-electron chi connectivity index (χ3n) is 3.29. The number of benzene rings is 1. The molecule has 0 aliphatic carbocycles. The fraction of sp³-hybridized carbons (Fsp3) is 0.312.